The van der Waals surface area contributed by atoms with Crippen molar-refractivity contribution in [2.24, 2.45) is 0 Å². The summed E-state index contributed by atoms with van der Waals surface area (Å²) in [5.74, 6) is 1.35. The number of nitrogens with zero attached hydrogens (tertiary/aromatic N) is 2. The molecule has 0 bridgehead atoms. The summed E-state index contributed by atoms with van der Waals surface area (Å²) >= 11 is 0. The van der Waals surface area contributed by atoms with Crippen molar-refractivity contribution in [2.45, 2.75) is 20.4 Å². The monoisotopic (exact) mass is 271 g/mol. The summed E-state index contributed by atoms with van der Waals surface area (Å²) in [6, 6.07) is 12.0. The zero-order valence-electron chi connectivity index (χ0n) is 12.3. The van der Waals surface area contributed by atoms with E-state index in [4.69, 9.17) is 10.5 Å². The highest BCUT2D eigenvalue weighted by molar-refractivity contribution is 5.63. The summed E-state index contributed by atoms with van der Waals surface area (Å²) < 4.78 is 5.19. The summed E-state index contributed by atoms with van der Waals surface area (Å²) in [7, 11) is 1.61. The van der Waals surface area contributed by atoms with E-state index < -0.39 is 0 Å². The minimum atomic E-state index is 0.581. The molecule has 4 nitrogen and oxygen atoms in total. The molecule has 2 aromatic rings. The Morgan fingerprint density at radius 1 is 1.20 bits per heavy atom. The normalized spacial score (nSPS) is 10.3. The van der Waals surface area contributed by atoms with E-state index >= 15 is 0 Å². The van der Waals surface area contributed by atoms with E-state index in [9.17, 15) is 0 Å². The van der Waals surface area contributed by atoms with Gasteiger partial charge in [-0.1, -0.05) is 24.3 Å². The minimum Gasteiger partial charge on any atom is -0.481 e. The Bertz CT molecular complexity index is 584. The highest BCUT2D eigenvalue weighted by Gasteiger charge is 2.12. The molecule has 2 N–H and O–H groups in total. The maximum atomic E-state index is 6.05. The number of pyridine rings is 1. The molecule has 0 saturated heterocycles. The number of ether oxygens (including phenoxy) is 1. The van der Waals surface area contributed by atoms with Gasteiger partial charge in [-0.2, -0.15) is 4.98 Å². The molecular weight excluding hydrogens is 250 g/mol. The van der Waals surface area contributed by atoms with Crippen molar-refractivity contribution in [1.29, 1.82) is 0 Å². The molecule has 1 heterocycles. The van der Waals surface area contributed by atoms with Gasteiger partial charge in [0.15, 0.2) is 5.82 Å². The van der Waals surface area contributed by atoms with E-state index in [1.807, 2.05) is 12.1 Å². The molecule has 0 unspecified atom stereocenters. The second kappa shape index (κ2) is 6.28. The van der Waals surface area contributed by atoms with Crippen LogP contribution in [0.1, 0.15) is 18.1 Å². The van der Waals surface area contributed by atoms with Crippen LogP contribution in [0.5, 0.6) is 5.88 Å². The lowest BCUT2D eigenvalue weighted by Gasteiger charge is -2.24. The Hall–Kier alpha value is -2.23. The van der Waals surface area contributed by atoms with E-state index in [1.54, 1.807) is 13.2 Å². The van der Waals surface area contributed by atoms with Crippen molar-refractivity contribution in [2.75, 3.05) is 24.3 Å². The Kier molecular flexibility index (Phi) is 4.45. The average Bonchev–Trinajstić information content (AvgIpc) is 2.47. The number of nitrogens with two attached hydrogens (primary N) is 1. The van der Waals surface area contributed by atoms with E-state index in [2.05, 4.69) is 41.9 Å². The lowest BCUT2D eigenvalue weighted by Crippen LogP contribution is -2.24. The van der Waals surface area contributed by atoms with Gasteiger partial charge in [-0.15, -0.1) is 0 Å². The zero-order chi connectivity index (χ0) is 14.5. The smallest absolute Gasteiger partial charge is 0.215 e. The molecule has 0 amide bonds. The number of rotatable bonds is 5. The van der Waals surface area contributed by atoms with Crippen LogP contribution in [-0.4, -0.2) is 18.6 Å². The number of aromatic nitrogens is 1. The molecule has 2 rings (SSSR count). The average molecular weight is 271 g/mol. The molecule has 0 aliphatic carbocycles. The van der Waals surface area contributed by atoms with Gasteiger partial charge in [-0.3, -0.25) is 0 Å². The van der Waals surface area contributed by atoms with Gasteiger partial charge in [0, 0.05) is 19.2 Å². The minimum absolute atomic E-state index is 0.581. The number of aryl methyl sites for hydroxylation is 1. The Balaban J connectivity index is 2.31. The van der Waals surface area contributed by atoms with Crippen molar-refractivity contribution in [3.05, 3.63) is 47.5 Å². The third kappa shape index (κ3) is 3.02. The summed E-state index contributed by atoms with van der Waals surface area (Å²) in [6.07, 6.45) is 0. The summed E-state index contributed by atoms with van der Waals surface area (Å²) in [4.78, 5) is 6.62. The van der Waals surface area contributed by atoms with Gasteiger partial charge in [0.25, 0.3) is 0 Å². The molecule has 0 atom stereocenters. The molecule has 4 heteroatoms. The quantitative estimate of drug-likeness (QED) is 0.908. The summed E-state index contributed by atoms with van der Waals surface area (Å²) in [5, 5.41) is 0. The Morgan fingerprint density at radius 2 is 1.95 bits per heavy atom. The first-order valence-electron chi connectivity index (χ1n) is 6.75. The topological polar surface area (TPSA) is 51.4 Å². The van der Waals surface area contributed by atoms with Crippen LogP contribution in [0.2, 0.25) is 0 Å². The number of anilines is 2. The predicted octanol–water partition coefficient (Wildman–Crippen LogP) is 3.01. The van der Waals surface area contributed by atoms with Crippen molar-refractivity contribution < 1.29 is 4.74 Å². The van der Waals surface area contributed by atoms with Crippen LogP contribution in [0.3, 0.4) is 0 Å². The lowest BCUT2D eigenvalue weighted by atomic mass is 10.1. The fraction of sp³-hybridized carbons (Fsp3) is 0.312. The maximum absolute atomic E-state index is 6.05. The van der Waals surface area contributed by atoms with Crippen molar-refractivity contribution in [1.82, 2.24) is 4.98 Å². The predicted molar refractivity (Wildman–Crippen MR) is 83.1 cm³/mol. The second-order valence-electron chi connectivity index (χ2n) is 4.71. The molecule has 0 fully saturated rings. The Labute approximate surface area is 120 Å². The van der Waals surface area contributed by atoms with Gasteiger partial charge in [0.05, 0.1) is 12.8 Å². The fourth-order valence-corrected chi connectivity index (χ4v) is 2.14. The third-order valence-corrected chi connectivity index (χ3v) is 3.39. The van der Waals surface area contributed by atoms with Gasteiger partial charge in [-0.05, 0) is 31.0 Å². The van der Waals surface area contributed by atoms with Crippen molar-refractivity contribution in [3.8, 4) is 5.88 Å². The molecule has 0 spiro atoms. The summed E-state index contributed by atoms with van der Waals surface area (Å²) in [5.41, 5.74) is 9.27. The van der Waals surface area contributed by atoms with Gasteiger partial charge < -0.3 is 15.4 Å². The van der Waals surface area contributed by atoms with Crippen LogP contribution in [0.4, 0.5) is 11.5 Å². The van der Waals surface area contributed by atoms with Crippen LogP contribution < -0.4 is 15.4 Å². The van der Waals surface area contributed by atoms with Crippen molar-refractivity contribution >= 4 is 11.5 Å². The molecule has 0 aliphatic heterocycles. The van der Waals surface area contributed by atoms with E-state index in [0.29, 0.717) is 11.6 Å². The van der Waals surface area contributed by atoms with Crippen molar-refractivity contribution in [3.63, 3.8) is 0 Å². The molecule has 106 valence electrons. The molecule has 0 radical (unpaired) electrons. The number of hydrogen-bond donors (Lipinski definition) is 1. The second-order valence-corrected chi connectivity index (χ2v) is 4.71. The van der Waals surface area contributed by atoms with Crippen LogP contribution in [0.15, 0.2) is 36.4 Å². The number of nitrogen functional groups attached to an aromatic ring is 1. The van der Waals surface area contributed by atoms with E-state index in [0.717, 1.165) is 18.9 Å². The fourth-order valence-electron chi connectivity index (χ4n) is 2.14. The number of hydrogen-bond acceptors (Lipinski definition) is 4. The molecular formula is C16H21N3O. The first-order chi connectivity index (χ1) is 9.65. The van der Waals surface area contributed by atoms with E-state index in [-0.39, 0.29) is 0 Å². The lowest BCUT2D eigenvalue weighted by molar-refractivity contribution is 0.398. The SMILES string of the molecule is CCN(Cc1ccccc1C)c1nc(OC)ccc1N. The zero-order valence-corrected chi connectivity index (χ0v) is 12.3. The van der Waals surface area contributed by atoms with Gasteiger partial charge in [0.1, 0.15) is 0 Å². The molecule has 20 heavy (non-hydrogen) atoms. The van der Waals surface area contributed by atoms with Gasteiger partial charge >= 0.3 is 0 Å². The molecule has 0 aliphatic rings. The number of methoxy groups -OCH3 is 1. The molecule has 1 aromatic heterocycles. The maximum Gasteiger partial charge on any atom is 0.215 e. The first kappa shape index (κ1) is 14.2. The number of benzene rings is 1. The van der Waals surface area contributed by atoms with Crippen LogP contribution in [0.25, 0.3) is 0 Å². The largest absolute Gasteiger partial charge is 0.481 e. The van der Waals surface area contributed by atoms with Crippen LogP contribution in [0, 0.1) is 6.92 Å². The highest BCUT2D eigenvalue weighted by Crippen LogP contribution is 2.25. The molecule has 0 saturated carbocycles. The molecule has 1 aromatic carbocycles. The third-order valence-electron chi connectivity index (χ3n) is 3.39. The van der Waals surface area contributed by atoms with E-state index in [1.165, 1.54) is 11.1 Å². The van der Waals surface area contributed by atoms with Gasteiger partial charge in [-0.25, -0.2) is 0 Å². The summed E-state index contributed by atoms with van der Waals surface area (Å²) in [6.45, 7) is 5.83. The Morgan fingerprint density at radius 3 is 2.60 bits per heavy atom. The highest BCUT2D eigenvalue weighted by atomic mass is 16.5. The van der Waals surface area contributed by atoms with Crippen LogP contribution >= 0.6 is 0 Å². The van der Waals surface area contributed by atoms with Crippen LogP contribution in [-0.2, 0) is 6.54 Å². The first-order valence-corrected chi connectivity index (χ1v) is 6.75. The standard InChI is InChI=1S/C16H21N3O/c1-4-19(11-13-8-6-5-7-12(13)2)16-14(17)9-10-15(18-16)20-3/h5-10H,4,11,17H2,1-3H3. The van der Waals surface area contributed by atoms with Gasteiger partial charge in [0.2, 0.25) is 5.88 Å².